The summed E-state index contributed by atoms with van der Waals surface area (Å²) in [6, 6.07) is 6.49. The fourth-order valence-electron chi connectivity index (χ4n) is 2.02. The van der Waals surface area contributed by atoms with E-state index in [0.29, 0.717) is 10.7 Å². The summed E-state index contributed by atoms with van der Waals surface area (Å²) in [4.78, 5) is 12.5. The number of azo groups is 1. The Morgan fingerprint density at radius 3 is 2.71 bits per heavy atom. The summed E-state index contributed by atoms with van der Waals surface area (Å²) < 4.78 is 0.996. The Hall–Kier alpha value is -2.62. The Labute approximate surface area is 147 Å². The number of pyridine rings is 1. The number of allylic oxidation sites excluding steroid dienone is 1. The molecule has 122 valence electrons. The zero-order chi connectivity index (χ0) is 17.9. The van der Waals surface area contributed by atoms with Gasteiger partial charge in [0, 0.05) is 17.1 Å². The van der Waals surface area contributed by atoms with Crippen molar-refractivity contribution in [2.45, 2.75) is 13.5 Å². The average Bonchev–Trinajstić information content (AvgIpc) is 2.53. The molecular weight excluding hydrogens is 351 g/mol. The Morgan fingerprint density at radius 1 is 1.42 bits per heavy atom. The van der Waals surface area contributed by atoms with Crippen molar-refractivity contribution in [1.82, 2.24) is 4.57 Å². The standard InChI is InChI=1S/C16H12Cl2N4O2/c1-3-6-22-15(23)11(8-19)9(2)14(16(22)24)21-20-13-5-4-10(17)7-12(13)18/h3-5,7,23H,1,6H2,2H3. The maximum atomic E-state index is 12.5. The first-order chi connectivity index (χ1) is 11.4. The van der Waals surface area contributed by atoms with E-state index in [4.69, 9.17) is 23.2 Å². The van der Waals surface area contributed by atoms with Gasteiger partial charge < -0.3 is 5.11 Å². The minimum Gasteiger partial charge on any atom is -0.493 e. The van der Waals surface area contributed by atoms with Crippen LogP contribution in [0, 0.1) is 18.3 Å². The maximum Gasteiger partial charge on any atom is 0.281 e. The summed E-state index contributed by atoms with van der Waals surface area (Å²) >= 11 is 11.8. The number of nitrogens with zero attached hydrogens (tertiary/aromatic N) is 4. The highest BCUT2D eigenvalue weighted by atomic mass is 35.5. The van der Waals surface area contributed by atoms with Crippen LogP contribution in [0.5, 0.6) is 5.88 Å². The van der Waals surface area contributed by atoms with E-state index < -0.39 is 11.4 Å². The number of nitriles is 1. The molecule has 0 aliphatic carbocycles. The van der Waals surface area contributed by atoms with Gasteiger partial charge in [0.1, 0.15) is 17.3 Å². The van der Waals surface area contributed by atoms with Gasteiger partial charge >= 0.3 is 0 Å². The topological polar surface area (TPSA) is 90.7 Å². The van der Waals surface area contributed by atoms with Gasteiger partial charge in [0.15, 0.2) is 5.69 Å². The molecule has 0 fully saturated rings. The van der Waals surface area contributed by atoms with Gasteiger partial charge in [0.25, 0.3) is 5.56 Å². The van der Waals surface area contributed by atoms with Gasteiger partial charge in [-0.05, 0) is 25.1 Å². The normalized spacial score (nSPS) is 10.8. The van der Waals surface area contributed by atoms with Gasteiger partial charge in [-0.15, -0.1) is 16.8 Å². The van der Waals surface area contributed by atoms with E-state index in [-0.39, 0.29) is 28.4 Å². The molecule has 0 bridgehead atoms. The minimum absolute atomic E-state index is 0.0316. The van der Waals surface area contributed by atoms with E-state index in [1.165, 1.54) is 19.1 Å². The van der Waals surface area contributed by atoms with Gasteiger partial charge in [-0.2, -0.15) is 5.26 Å². The lowest BCUT2D eigenvalue weighted by molar-refractivity contribution is 0.414. The molecular formula is C16H12Cl2N4O2. The highest BCUT2D eigenvalue weighted by Gasteiger charge is 2.18. The molecule has 0 spiro atoms. The first kappa shape index (κ1) is 17.7. The smallest absolute Gasteiger partial charge is 0.281 e. The maximum absolute atomic E-state index is 12.5. The van der Waals surface area contributed by atoms with E-state index >= 15 is 0 Å². The molecule has 1 heterocycles. The molecule has 1 N–H and O–H groups in total. The van der Waals surface area contributed by atoms with Crippen molar-refractivity contribution in [3.63, 3.8) is 0 Å². The van der Waals surface area contributed by atoms with E-state index in [2.05, 4.69) is 16.8 Å². The van der Waals surface area contributed by atoms with Crippen molar-refractivity contribution < 1.29 is 5.11 Å². The lowest BCUT2D eigenvalue weighted by Crippen LogP contribution is -2.21. The average molecular weight is 363 g/mol. The number of rotatable bonds is 4. The molecule has 0 aliphatic heterocycles. The van der Waals surface area contributed by atoms with Crippen molar-refractivity contribution in [3.05, 3.63) is 62.4 Å². The van der Waals surface area contributed by atoms with Crippen molar-refractivity contribution in [2.24, 2.45) is 10.2 Å². The third-order valence-corrected chi connectivity index (χ3v) is 3.79. The van der Waals surface area contributed by atoms with Crippen LogP contribution < -0.4 is 5.56 Å². The van der Waals surface area contributed by atoms with Crippen LogP contribution >= 0.6 is 23.2 Å². The first-order valence-electron chi connectivity index (χ1n) is 6.74. The van der Waals surface area contributed by atoms with Gasteiger partial charge in [-0.1, -0.05) is 29.3 Å². The van der Waals surface area contributed by atoms with Crippen LogP contribution in [0.3, 0.4) is 0 Å². The van der Waals surface area contributed by atoms with E-state index in [1.54, 1.807) is 12.1 Å². The van der Waals surface area contributed by atoms with E-state index in [1.807, 2.05) is 6.07 Å². The molecule has 0 aliphatic rings. The van der Waals surface area contributed by atoms with Crippen molar-refractivity contribution in [3.8, 4) is 11.9 Å². The fraction of sp³-hybridized carbons (Fsp3) is 0.125. The highest BCUT2D eigenvalue weighted by molar-refractivity contribution is 6.36. The summed E-state index contributed by atoms with van der Waals surface area (Å²) in [5, 5.41) is 27.9. The lowest BCUT2D eigenvalue weighted by atomic mass is 10.1. The Morgan fingerprint density at radius 2 is 2.12 bits per heavy atom. The zero-order valence-corrected chi connectivity index (χ0v) is 14.1. The third kappa shape index (κ3) is 3.32. The zero-order valence-electron chi connectivity index (χ0n) is 12.6. The second-order valence-corrected chi connectivity index (χ2v) is 5.63. The second kappa shape index (κ2) is 7.30. The molecule has 0 amide bonds. The molecule has 2 rings (SSSR count). The summed E-state index contributed by atoms with van der Waals surface area (Å²) in [5.74, 6) is -0.427. The van der Waals surface area contributed by atoms with Crippen LogP contribution in [0.1, 0.15) is 11.1 Å². The largest absolute Gasteiger partial charge is 0.493 e. The predicted octanol–water partition coefficient (Wildman–Crippen LogP) is 4.64. The van der Waals surface area contributed by atoms with Crippen molar-refractivity contribution in [2.75, 3.05) is 0 Å². The number of hydrogen-bond acceptors (Lipinski definition) is 5. The molecule has 0 saturated carbocycles. The Kier molecular flexibility index (Phi) is 5.39. The van der Waals surface area contributed by atoms with Crippen LogP contribution in [0.25, 0.3) is 0 Å². The Balaban J connectivity index is 2.64. The SMILES string of the molecule is C=CCn1c(O)c(C#N)c(C)c(N=Nc2ccc(Cl)cc2Cl)c1=O. The van der Waals surface area contributed by atoms with E-state index in [0.717, 1.165) is 4.57 Å². The molecule has 24 heavy (non-hydrogen) atoms. The summed E-state index contributed by atoms with van der Waals surface area (Å²) in [5.41, 5.74) is -0.140. The molecule has 2 aromatic rings. The van der Waals surface area contributed by atoms with Gasteiger partial charge in [0.2, 0.25) is 5.88 Å². The molecule has 8 heteroatoms. The number of halogens is 2. The van der Waals surface area contributed by atoms with E-state index in [9.17, 15) is 15.2 Å². The van der Waals surface area contributed by atoms with Gasteiger partial charge in [-0.3, -0.25) is 9.36 Å². The number of aromatic nitrogens is 1. The lowest BCUT2D eigenvalue weighted by Gasteiger charge is -2.11. The summed E-state index contributed by atoms with van der Waals surface area (Å²) in [7, 11) is 0. The summed E-state index contributed by atoms with van der Waals surface area (Å²) in [6.45, 7) is 5.06. The molecule has 0 atom stereocenters. The number of benzene rings is 1. The Bertz CT molecular complexity index is 943. The fourth-order valence-corrected chi connectivity index (χ4v) is 2.47. The first-order valence-corrected chi connectivity index (χ1v) is 7.50. The van der Waals surface area contributed by atoms with Crippen molar-refractivity contribution in [1.29, 1.82) is 5.26 Å². The highest BCUT2D eigenvalue weighted by Crippen LogP contribution is 2.31. The van der Waals surface area contributed by atoms with Crippen molar-refractivity contribution >= 4 is 34.6 Å². The van der Waals surface area contributed by atoms with Crippen LogP contribution in [0.4, 0.5) is 11.4 Å². The van der Waals surface area contributed by atoms with Crippen LogP contribution in [-0.2, 0) is 6.54 Å². The molecule has 1 aromatic carbocycles. The molecule has 0 unspecified atom stereocenters. The second-order valence-electron chi connectivity index (χ2n) is 4.78. The van der Waals surface area contributed by atoms with Gasteiger partial charge in [0.05, 0.1) is 5.02 Å². The van der Waals surface area contributed by atoms with Crippen LogP contribution in [0.2, 0.25) is 10.0 Å². The molecule has 6 nitrogen and oxygen atoms in total. The molecule has 0 saturated heterocycles. The quantitative estimate of drug-likeness (QED) is 0.634. The predicted molar refractivity (Wildman–Crippen MR) is 92.7 cm³/mol. The molecule has 1 aromatic heterocycles. The third-order valence-electron chi connectivity index (χ3n) is 3.25. The number of hydrogen-bond donors (Lipinski definition) is 1. The number of aromatic hydroxyl groups is 1. The molecule has 0 radical (unpaired) electrons. The van der Waals surface area contributed by atoms with Crippen LogP contribution in [0.15, 0.2) is 45.9 Å². The minimum atomic E-state index is -0.585. The monoisotopic (exact) mass is 362 g/mol. The van der Waals surface area contributed by atoms with Gasteiger partial charge in [-0.25, -0.2) is 0 Å². The summed E-state index contributed by atoms with van der Waals surface area (Å²) in [6.07, 6.45) is 1.43. The van der Waals surface area contributed by atoms with Crippen LogP contribution in [-0.4, -0.2) is 9.67 Å².